The Morgan fingerprint density at radius 2 is 0.681 bits per heavy atom. The quantitative estimate of drug-likeness (QED) is 0.0405. The predicted octanol–water partition coefficient (Wildman–Crippen LogP) is 12.6. The van der Waals surface area contributed by atoms with E-state index in [1.807, 2.05) is 6.92 Å². The van der Waals surface area contributed by atoms with Crippen LogP contribution in [0.5, 0.6) is 0 Å². The maximum atomic E-state index is 12.6. The molecule has 6 heteroatoms. The average molecular weight is 669 g/mol. The van der Waals surface area contributed by atoms with Crippen molar-refractivity contribution in [2.45, 2.75) is 239 Å². The summed E-state index contributed by atoms with van der Waals surface area (Å²) in [5, 5.41) is 10.3. The van der Waals surface area contributed by atoms with Crippen LogP contribution in [0.3, 0.4) is 0 Å². The highest BCUT2D eigenvalue weighted by Crippen LogP contribution is 2.18. The van der Waals surface area contributed by atoms with Gasteiger partial charge in [0.25, 0.3) is 0 Å². The van der Waals surface area contributed by atoms with Crippen molar-refractivity contribution in [1.29, 1.82) is 0 Å². The van der Waals surface area contributed by atoms with Crippen molar-refractivity contribution >= 4 is 11.9 Å². The van der Waals surface area contributed by atoms with Gasteiger partial charge < -0.3 is 5.11 Å². The number of hydrogen-bond acceptors (Lipinski definition) is 5. The fourth-order valence-corrected chi connectivity index (χ4v) is 6.41. The second kappa shape index (κ2) is 34.7. The molecule has 0 aliphatic heterocycles. The first-order valence-electron chi connectivity index (χ1n) is 20.8. The number of hydroxylamine groups is 4. The Hall–Kier alpha value is -1.14. The molecule has 0 amide bonds. The lowest BCUT2D eigenvalue weighted by Crippen LogP contribution is -2.51. The number of rotatable bonds is 37. The van der Waals surface area contributed by atoms with E-state index in [2.05, 4.69) is 13.8 Å². The molecule has 0 aromatic carbocycles. The summed E-state index contributed by atoms with van der Waals surface area (Å²) in [7, 11) is 1.56. The summed E-state index contributed by atoms with van der Waals surface area (Å²) in [6, 6.07) is 0. The zero-order valence-corrected chi connectivity index (χ0v) is 32.1. The SMILES string of the molecule is CCCCCCCCCCCCCCCCCC(=O)O[N+](C)(CC(O)CC)OC(=O)CCCCCCCCCCCCCCCCC. The summed E-state index contributed by atoms with van der Waals surface area (Å²) in [6.07, 6.45) is 38.7. The molecule has 0 aromatic rings. The highest BCUT2D eigenvalue weighted by Gasteiger charge is 2.36. The number of likely N-dealkylation sites (N-methyl/N-ethyl adjacent to an activating group) is 1. The molecule has 1 N–H and O–H groups in total. The van der Waals surface area contributed by atoms with Crippen LogP contribution in [-0.2, 0) is 19.3 Å². The van der Waals surface area contributed by atoms with Gasteiger partial charge in [-0.05, 0) is 19.3 Å². The summed E-state index contributed by atoms with van der Waals surface area (Å²) in [6.45, 7) is 6.45. The van der Waals surface area contributed by atoms with E-state index in [1.165, 1.54) is 154 Å². The molecule has 0 aromatic heterocycles. The highest BCUT2D eigenvalue weighted by molar-refractivity contribution is 5.69. The van der Waals surface area contributed by atoms with Gasteiger partial charge in [-0.25, -0.2) is 19.3 Å². The van der Waals surface area contributed by atoms with Crippen molar-refractivity contribution in [3.63, 3.8) is 0 Å². The first kappa shape index (κ1) is 45.9. The van der Waals surface area contributed by atoms with Crippen molar-refractivity contribution in [3.05, 3.63) is 0 Å². The first-order chi connectivity index (χ1) is 22.9. The van der Waals surface area contributed by atoms with Crippen LogP contribution >= 0.6 is 0 Å². The third kappa shape index (κ3) is 33.1. The lowest BCUT2D eigenvalue weighted by atomic mass is 10.0. The van der Waals surface area contributed by atoms with E-state index in [1.54, 1.807) is 7.05 Å². The Kier molecular flexibility index (Phi) is 33.9. The largest absolute Gasteiger partial charge is 0.387 e. The van der Waals surface area contributed by atoms with Gasteiger partial charge in [0.2, 0.25) is 0 Å². The molecule has 280 valence electrons. The van der Waals surface area contributed by atoms with Crippen LogP contribution in [0.4, 0.5) is 0 Å². The van der Waals surface area contributed by atoms with Gasteiger partial charge in [-0.3, -0.25) is 0 Å². The average Bonchev–Trinajstić information content (AvgIpc) is 3.04. The van der Waals surface area contributed by atoms with Gasteiger partial charge in [-0.15, -0.1) is 0 Å². The molecular formula is C41H82NO5+. The van der Waals surface area contributed by atoms with Crippen LogP contribution < -0.4 is 0 Å². The normalized spacial score (nSPS) is 12.4. The van der Waals surface area contributed by atoms with Gasteiger partial charge in [0.15, 0.2) is 13.6 Å². The van der Waals surface area contributed by atoms with Gasteiger partial charge in [0, 0.05) is 4.81 Å². The monoisotopic (exact) mass is 669 g/mol. The number of hydrogen-bond donors (Lipinski definition) is 1. The van der Waals surface area contributed by atoms with Crippen LogP contribution in [0.25, 0.3) is 0 Å². The molecule has 6 nitrogen and oxygen atoms in total. The van der Waals surface area contributed by atoms with Crippen LogP contribution in [-0.4, -0.2) is 41.6 Å². The lowest BCUT2D eigenvalue weighted by Gasteiger charge is -2.28. The molecular weight excluding hydrogens is 586 g/mol. The fourth-order valence-electron chi connectivity index (χ4n) is 6.41. The number of quaternary nitrogens is 1. The van der Waals surface area contributed by atoms with Crippen LogP contribution in [0.15, 0.2) is 0 Å². The topological polar surface area (TPSA) is 72.8 Å². The van der Waals surface area contributed by atoms with Crippen LogP contribution in [0.2, 0.25) is 0 Å². The predicted molar refractivity (Wildman–Crippen MR) is 199 cm³/mol. The Balaban J connectivity index is 3.95. The molecule has 0 fully saturated rings. The van der Waals surface area contributed by atoms with Crippen molar-refractivity contribution < 1.29 is 29.2 Å². The van der Waals surface area contributed by atoms with Crippen molar-refractivity contribution in [3.8, 4) is 0 Å². The van der Waals surface area contributed by atoms with E-state index in [9.17, 15) is 14.7 Å². The molecule has 1 unspecified atom stereocenters. The zero-order valence-electron chi connectivity index (χ0n) is 32.1. The molecule has 0 bridgehead atoms. The molecule has 0 spiro atoms. The van der Waals surface area contributed by atoms with Gasteiger partial charge in [0.1, 0.15) is 6.10 Å². The fraction of sp³-hybridized carbons (Fsp3) is 0.951. The third-order valence-corrected chi connectivity index (χ3v) is 9.57. The number of unbranched alkanes of at least 4 members (excludes halogenated alkanes) is 28. The molecule has 0 aliphatic carbocycles. The summed E-state index contributed by atoms with van der Waals surface area (Å²) >= 11 is 0. The molecule has 0 heterocycles. The smallest absolute Gasteiger partial charge is 0.372 e. The minimum atomic E-state index is -0.711. The van der Waals surface area contributed by atoms with E-state index in [4.69, 9.17) is 9.68 Å². The van der Waals surface area contributed by atoms with Gasteiger partial charge in [-0.2, -0.15) is 0 Å². The van der Waals surface area contributed by atoms with Crippen molar-refractivity contribution in [2.75, 3.05) is 13.6 Å². The first-order valence-corrected chi connectivity index (χ1v) is 20.8. The molecule has 47 heavy (non-hydrogen) atoms. The Bertz CT molecular complexity index is 637. The third-order valence-electron chi connectivity index (χ3n) is 9.57. The second-order valence-corrected chi connectivity index (χ2v) is 14.6. The Labute approximate surface area is 293 Å². The standard InChI is InChI=1S/C41H82NO5/c1-5-8-10-12-14-16-18-20-22-24-26-28-30-32-34-36-40(44)46-42(4,38-39(43)7-3)47-41(45)37-35-33-31-29-27-25-23-21-19-17-15-13-11-9-6-2/h39,43H,5-38H2,1-4H3/q+1. The van der Waals surface area contributed by atoms with E-state index in [-0.39, 0.29) is 18.5 Å². The number of carbonyl (C=O) groups is 2. The molecule has 1 atom stereocenters. The molecule has 0 aliphatic rings. The summed E-state index contributed by atoms with van der Waals surface area (Å²) < 4.78 is 0. The number of aliphatic hydroxyl groups is 1. The lowest BCUT2D eigenvalue weighted by molar-refractivity contribution is -1.21. The molecule has 0 saturated heterocycles. The zero-order chi connectivity index (χ0) is 34.7. The minimum absolute atomic E-state index is 0.0473. The molecule has 0 saturated carbocycles. The summed E-state index contributed by atoms with van der Waals surface area (Å²) in [5.41, 5.74) is 0. The van der Waals surface area contributed by atoms with Crippen molar-refractivity contribution in [1.82, 2.24) is 0 Å². The van der Waals surface area contributed by atoms with E-state index < -0.39 is 10.9 Å². The number of aliphatic hydroxyl groups excluding tert-OH is 1. The van der Waals surface area contributed by atoms with E-state index in [0.29, 0.717) is 19.3 Å². The highest BCUT2D eigenvalue weighted by atomic mass is 17.0. The van der Waals surface area contributed by atoms with E-state index in [0.717, 1.165) is 38.5 Å². The van der Waals surface area contributed by atoms with Gasteiger partial charge >= 0.3 is 11.9 Å². The Morgan fingerprint density at radius 1 is 0.447 bits per heavy atom. The minimum Gasteiger partial charge on any atom is -0.387 e. The van der Waals surface area contributed by atoms with Crippen molar-refractivity contribution in [2.24, 2.45) is 0 Å². The van der Waals surface area contributed by atoms with Crippen LogP contribution in [0, 0.1) is 0 Å². The van der Waals surface area contributed by atoms with Gasteiger partial charge in [-0.1, -0.05) is 201 Å². The van der Waals surface area contributed by atoms with Crippen LogP contribution in [0.1, 0.15) is 233 Å². The Morgan fingerprint density at radius 3 is 0.915 bits per heavy atom. The van der Waals surface area contributed by atoms with E-state index >= 15 is 0 Å². The second-order valence-electron chi connectivity index (χ2n) is 14.6. The molecule has 0 rings (SSSR count). The summed E-state index contributed by atoms with van der Waals surface area (Å²) in [5.74, 6) is -0.740. The van der Waals surface area contributed by atoms with Gasteiger partial charge in [0.05, 0.1) is 12.8 Å². The maximum absolute atomic E-state index is 12.6. The number of carbonyl (C=O) groups excluding carboxylic acids is 2. The maximum Gasteiger partial charge on any atom is 0.372 e. The number of nitrogens with zero attached hydrogens (tertiary/aromatic N) is 1. The molecule has 0 radical (unpaired) electrons. The summed E-state index contributed by atoms with van der Waals surface area (Å²) in [4.78, 5) is 35.9.